The van der Waals surface area contributed by atoms with Crippen molar-refractivity contribution in [1.82, 2.24) is 0 Å². The van der Waals surface area contributed by atoms with Crippen LogP contribution in [0.25, 0.3) is 0 Å². The molecule has 0 aromatic heterocycles. The number of benzene rings is 2. The van der Waals surface area contributed by atoms with Crippen molar-refractivity contribution in [3.05, 3.63) is 54.1 Å². The van der Waals surface area contributed by atoms with E-state index in [1.165, 1.54) is 30.3 Å². The Morgan fingerprint density at radius 2 is 1.72 bits per heavy atom. The van der Waals surface area contributed by atoms with E-state index in [2.05, 4.69) is 23.9 Å². The number of ether oxygens (including phenoxy) is 3. The zero-order chi connectivity index (χ0) is 21.2. The number of esters is 1. The number of rotatable bonds is 10. The number of halogens is 2. The molecule has 0 atom stereocenters. The van der Waals surface area contributed by atoms with Crippen LogP contribution < -0.4 is 14.8 Å². The minimum atomic E-state index is -3.02. The Labute approximate surface area is 167 Å². The van der Waals surface area contributed by atoms with E-state index in [9.17, 15) is 18.4 Å². The van der Waals surface area contributed by atoms with Crippen molar-refractivity contribution in [2.45, 2.75) is 26.9 Å². The van der Waals surface area contributed by atoms with E-state index in [1.807, 2.05) is 0 Å². The summed E-state index contributed by atoms with van der Waals surface area (Å²) in [7, 11) is 0. The Morgan fingerprint density at radius 3 is 2.38 bits per heavy atom. The third-order valence-corrected chi connectivity index (χ3v) is 3.77. The van der Waals surface area contributed by atoms with Gasteiger partial charge in [-0.15, -0.1) is 0 Å². The van der Waals surface area contributed by atoms with E-state index in [-0.39, 0.29) is 17.0 Å². The van der Waals surface area contributed by atoms with Crippen molar-refractivity contribution in [2.24, 2.45) is 5.92 Å². The maximum Gasteiger partial charge on any atom is 0.387 e. The van der Waals surface area contributed by atoms with Crippen molar-refractivity contribution in [2.75, 3.05) is 18.5 Å². The van der Waals surface area contributed by atoms with Gasteiger partial charge in [-0.2, -0.15) is 8.78 Å². The van der Waals surface area contributed by atoms with Crippen LogP contribution in [0.4, 0.5) is 14.5 Å². The predicted molar refractivity (Wildman–Crippen MR) is 103 cm³/mol. The van der Waals surface area contributed by atoms with E-state index in [4.69, 9.17) is 9.47 Å². The fourth-order valence-corrected chi connectivity index (χ4v) is 2.27. The van der Waals surface area contributed by atoms with Crippen LogP contribution in [-0.2, 0) is 9.53 Å². The summed E-state index contributed by atoms with van der Waals surface area (Å²) in [6, 6.07) is 12.1. The van der Waals surface area contributed by atoms with Crippen LogP contribution in [0.2, 0.25) is 0 Å². The Bertz CT molecular complexity index is 809. The monoisotopic (exact) mass is 407 g/mol. The topological polar surface area (TPSA) is 73.9 Å². The molecule has 1 amide bonds. The lowest BCUT2D eigenvalue weighted by Gasteiger charge is -2.12. The third kappa shape index (κ3) is 7.77. The van der Waals surface area contributed by atoms with E-state index in [1.54, 1.807) is 18.2 Å². The number of alkyl halides is 2. The van der Waals surface area contributed by atoms with Gasteiger partial charge in [0.1, 0.15) is 11.5 Å². The summed E-state index contributed by atoms with van der Waals surface area (Å²) >= 11 is 0. The lowest BCUT2D eigenvalue weighted by atomic mass is 10.1. The summed E-state index contributed by atoms with van der Waals surface area (Å²) in [5, 5.41) is 2.37. The van der Waals surface area contributed by atoms with E-state index < -0.39 is 25.1 Å². The smallest absolute Gasteiger partial charge is 0.387 e. The molecule has 2 aromatic rings. The molecule has 0 radical (unpaired) electrons. The normalized spacial score (nSPS) is 10.7. The number of amides is 1. The molecule has 6 nitrogen and oxygen atoms in total. The summed E-state index contributed by atoms with van der Waals surface area (Å²) in [5.74, 6) is -0.390. The second kappa shape index (κ2) is 11.0. The fraction of sp³-hybridized carbons (Fsp3) is 0.333. The van der Waals surface area contributed by atoms with Gasteiger partial charge >= 0.3 is 12.6 Å². The largest absolute Gasteiger partial charge is 0.494 e. The fourth-order valence-electron chi connectivity index (χ4n) is 2.27. The molecule has 8 heteroatoms. The van der Waals surface area contributed by atoms with Gasteiger partial charge < -0.3 is 19.5 Å². The summed E-state index contributed by atoms with van der Waals surface area (Å²) in [4.78, 5) is 24.0. The number of hydrogen-bond donors (Lipinski definition) is 1. The molecule has 0 spiro atoms. The van der Waals surface area contributed by atoms with Gasteiger partial charge in [-0.25, -0.2) is 4.79 Å². The molecule has 0 saturated heterocycles. The Balaban J connectivity index is 1.83. The number of para-hydroxylation sites is 2. The van der Waals surface area contributed by atoms with Gasteiger partial charge in [-0.3, -0.25) is 4.79 Å². The Kier molecular flexibility index (Phi) is 8.39. The number of nitrogens with one attached hydrogen (secondary N) is 1. The van der Waals surface area contributed by atoms with Crippen LogP contribution in [0.3, 0.4) is 0 Å². The van der Waals surface area contributed by atoms with Crippen LogP contribution in [0.5, 0.6) is 11.5 Å². The SMILES string of the molecule is CC(C)CCOc1ccc(C(=O)OCC(=O)Nc2ccccc2OC(F)F)cc1. The van der Waals surface area contributed by atoms with E-state index in [0.717, 1.165) is 6.42 Å². The molecule has 2 rings (SSSR count). The molecule has 1 N–H and O–H groups in total. The highest BCUT2D eigenvalue weighted by molar-refractivity contribution is 5.96. The van der Waals surface area contributed by atoms with Gasteiger partial charge in [-0.05, 0) is 48.7 Å². The first-order chi connectivity index (χ1) is 13.8. The zero-order valence-corrected chi connectivity index (χ0v) is 16.2. The Hall–Kier alpha value is -3.16. The van der Waals surface area contributed by atoms with Gasteiger partial charge in [-0.1, -0.05) is 26.0 Å². The number of hydrogen-bond acceptors (Lipinski definition) is 5. The summed E-state index contributed by atoms with van der Waals surface area (Å²) < 4.78 is 39.7. The van der Waals surface area contributed by atoms with Crippen molar-refractivity contribution in [3.63, 3.8) is 0 Å². The first-order valence-electron chi connectivity index (χ1n) is 9.09. The van der Waals surface area contributed by atoms with Gasteiger partial charge in [0.15, 0.2) is 6.61 Å². The van der Waals surface area contributed by atoms with Crippen LogP contribution in [0.1, 0.15) is 30.6 Å². The zero-order valence-electron chi connectivity index (χ0n) is 16.2. The molecular weight excluding hydrogens is 384 g/mol. The first kappa shape index (κ1) is 22.1. The van der Waals surface area contributed by atoms with Crippen LogP contribution in [-0.4, -0.2) is 31.7 Å². The lowest BCUT2D eigenvalue weighted by molar-refractivity contribution is -0.119. The van der Waals surface area contributed by atoms with E-state index in [0.29, 0.717) is 18.3 Å². The van der Waals surface area contributed by atoms with Crippen molar-refractivity contribution < 1.29 is 32.6 Å². The quantitative estimate of drug-likeness (QED) is 0.587. The van der Waals surface area contributed by atoms with E-state index >= 15 is 0 Å². The highest BCUT2D eigenvalue weighted by Crippen LogP contribution is 2.25. The highest BCUT2D eigenvalue weighted by Gasteiger charge is 2.14. The highest BCUT2D eigenvalue weighted by atomic mass is 19.3. The van der Waals surface area contributed by atoms with Gasteiger partial charge in [0.2, 0.25) is 0 Å². The molecule has 0 aliphatic carbocycles. The molecular formula is C21H23F2NO5. The minimum Gasteiger partial charge on any atom is -0.494 e. The molecule has 29 heavy (non-hydrogen) atoms. The van der Waals surface area contributed by atoms with Crippen LogP contribution in [0, 0.1) is 5.92 Å². The summed E-state index contributed by atoms with van der Waals surface area (Å²) in [5.41, 5.74) is 0.312. The molecule has 0 fully saturated rings. The molecule has 2 aromatic carbocycles. The Morgan fingerprint density at radius 1 is 1.03 bits per heavy atom. The van der Waals surface area contributed by atoms with Gasteiger partial charge in [0.05, 0.1) is 17.9 Å². The molecule has 0 heterocycles. The number of carbonyl (C=O) groups is 2. The van der Waals surface area contributed by atoms with Crippen LogP contribution >= 0.6 is 0 Å². The second-order valence-corrected chi connectivity index (χ2v) is 6.55. The number of anilines is 1. The van der Waals surface area contributed by atoms with Crippen molar-refractivity contribution >= 4 is 17.6 Å². The maximum atomic E-state index is 12.4. The molecule has 0 bridgehead atoms. The summed E-state index contributed by atoms with van der Waals surface area (Å²) in [6.45, 7) is 1.18. The standard InChI is InChI=1S/C21H23F2NO5/c1-14(2)11-12-27-16-9-7-15(8-10-16)20(26)28-13-19(25)24-17-5-3-4-6-18(17)29-21(22)23/h3-10,14,21H,11-13H2,1-2H3,(H,24,25). The average Bonchev–Trinajstić information content (AvgIpc) is 2.67. The lowest BCUT2D eigenvalue weighted by Crippen LogP contribution is -2.21. The van der Waals surface area contributed by atoms with Crippen molar-refractivity contribution in [1.29, 1.82) is 0 Å². The van der Waals surface area contributed by atoms with Crippen molar-refractivity contribution in [3.8, 4) is 11.5 Å². The first-order valence-corrected chi connectivity index (χ1v) is 9.09. The predicted octanol–water partition coefficient (Wildman–Crippen LogP) is 4.51. The molecule has 0 unspecified atom stereocenters. The maximum absolute atomic E-state index is 12.4. The molecule has 0 aliphatic rings. The second-order valence-electron chi connectivity index (χ2n) is 6.55. The van der Waals surface area contributed by atoms with Gasteiger partial charge in [0, 0.05) is 0 Å². The van der Waals surface area contributed by atoms with Gasteiger partial charge in [0.25, 0.3) is 5.91 Å². The summed E-state index contributed by atoms with van der Waals surface area (Å²) in [6.07, 6.45) is 0.921. The molecule has 156 valence electrons. The minimum absolute atomic E-state index is 0.0525. The molecule has 0 saturated carbocycles. The third-order valence-electron chi connectivity index (χ3n) is 3.77. The van der Waals surface area contributed by atoms with Crippen LogP contribution in [0.15, 0.2) is 48.5 Å². The number of carbonyl (C=O) groups excluding carboxylic acids is 2. The average molecular weight is 407 g/mol. The molecule has 0 aliphatic heterocycles.